The molecule has 0 bridgehead atoms. The van der Waals surface area contributed by atoms with Crippen LogP contribution in [-0.4, -0.2) is 115 Å². The van der Waals surface area contributed by atoms with Gasteiger partial charge in [0.2, 0.25) is 0 Å². The van der Waals surface area contributed by atoms with Crippen molar-refractivity contribution in [1.82, 2.24) is 24.5 Å². The third-order valence-corrected chi connectivity index (χ3v) is 16.4. The zero-order valence-corrected chi connectivity index (χ0v) is 40.7. The van der Waals surface area contributed by atoms with Crippen molar-refractivity contribution in [2.75, 3.05) is 75.8 Å². The normalized spacial score (nSPS) is 21.8. The summed E-state index contributed by atoms with van der Waals surface area (Å²) in [6, 6.07) is 14.7. The van der Waals surface area contributed by atoms with E-state index < -0.39 is 37.0 Å². The number of rotatable bonds is 15. The predicted molar refractivity (Wildman–Crippen MR) is 265 cm³/mol. The summed E-state index contributed by atoms with van der Waals surface area (Å²) in [6.45, 7) is 15.5. The van der Waals surface area contributed by atoms with Crippen LogP contribution in [0, 0.1) is 21.4 Å². The van der Waals surface area contributed by atoms with Crippen molar-refractivity contribution in [1.29, 1.82) is 0 Å². The molecule has 9 rings (SSSR count). The van der Waals surface area contributed by atoms with Crippen LogP contribution in [0.4, 0.5) is 17.1 Å². The Bertz CT molecular complexity index is 2780. The number of anilines is 2. The number of aliphatic hydroxyl groups is 1. The van der Waals surface area contributed by atoms with Gasteiger partial charge in [-0.25, -0.2) is 18.1 Å². The summed E-state index contributed by atoms with van der Waals surface area (Å²) in [6.07, 6.45) is 9.39. The van der Waals surface area contributed by atoms with Crippen LogP contribution in [0.5, 0.6) is 11.5 Å². The van der Waals surface area contributed by atoms with Gasteiger partial charge in [0.25, 0.3) is 21.6 Å². The monoisotopic (exact) mass is 966 g/mol. The molecule has 0 atom stereocenters. The molecule has 4 N–H and O–H groups in total. The van der Waals surface area contributed by atoms with E-state index in [1.54, 1.807) is 30.5 Å². The highest BCUT2D eigenvalue weighted by Crippen LogP contribution is 2.45. The first-order valence-corrected chi connectivity index (χ1v) is 26.1. The Kier molecular flexibility index (Phi) is 14.0. The van der Waals surface area contributed by atoms with Crippen LogP contribution in [0.15, 0.2) is 82.8 Å². The lowest BCUT2D eigenvalue weighted by atomic mass is 9.73. The summed E-state index contributed by atoms with van der Waals surface area (Å²) >= 11 is 1.87. The first-order chi connectivity index (χ1) is 32.6. The van der Waals surface area contributed by atoms with Gasteiger partial charge in [-0.05, 0) is 122 Å². The molecular weight excluding hydrogens is 905 g/mol. The molecule has 68 heavy (non-hydrogen) atoms. The molecule has 3 fully saturated rings. The minimum atomic E-state index is -4.58. The van der Waals surface area contributed by atoms with Crippen LogP contribution < -0.4 is 19.7 Å². The number of aromatic nitrogens is 2. The van der Waals surface area contributed by atoms with Crippen molar-refractivity contribution in [2.24, 2.45) is 11.3 Å². The summed E-state index contributed by atoms with van der Waals surface area (Å²) in [4.78, 5) is 41.3. The molecule has 4 aliphatic rings. The Hall–Kier alpha value is -5.37. The number of thiophene rings is 1. The highest BCUT2D eigenvalue weighted by Gasteiger charge is 2.32. The van der Waals surface area contributed by atoms with E-state index in [4.69, 9.17) is 9.47 Å². The fourth-order valence-corrected chi connectivity index (χ4v) is 11.9. The lowest BCUT2D eigenvalue weighted by Gasteiger charge is -2.39. The quantitative estimate of drug-likeness (QED) is 0.0577. The van der Waals surface area contributed by atoms with Crippen molar-refractivity contribution in [2.45, 2.75) is 82.8 Å². The van der Waals surface area contributed by atoms with E-state index in [9.17, 15) is 28.4 Å². The second-order valence-corrected chi connectivity index (χ2v) is 22.5. The molecular formula is C50H62N8O8S2. The zero-order valence-electron chi connectivity index (χ0n) is 39.1. The van der Waals surface area contributed by atoms with Gasteiger partial charge in [0, 0.05) is 93.2 Å². The highest BCUT2D eigenvalue weighted by molar-refractivity contribution is 7.90. The molecule has 16 nitrogen and oxygen atoms in total. The van der Waals surface area contributed by atoms with Gasteiger partial charge in [0.15, 0.2) is 0 Å². The molecule has 18 heteroatoms. The SMILES string of the molecule is CC1(C)CCC(CN2CCN(c3ccc(C(=O)NS(=O)(=O)c4ccc(NCC5CCC(C)(O)CC5)c([N+](=O)[O-])c4)c(Oc4cnc5[nH]ccc5c4)c3)CC2)=C(c2cc(CN3CCOCC3)cs2)C1. The Morgan fingerprint density at radius 1 is 0.985 bits per heavy atom. The van der Waals surface area contributed by atoms with E-state index in [-0.39, 0.29) is 28.3 Å². The smallest absolute Gasteiger partial charge is 0.293 e. The average Bonchev–Trinajstić information content (AvgIpc) is 3.99. The first kappa shape index (κ1) is 47.7. The number of sulfonamides is 1. The number of H-pyrrole nitrogens is 1. The number of carbonyl (C=O) groups is 1. The second-order valence-electron chi connectivity index (χ2n) is 20.0. The molecule has 0 unspecified atom stereocenters. The number of nitro benzene ring substituents is 1. The van der Waals surface area contributed by atoms with Crippen molar-refractivity contribution >= 4 is 60.9 Å². The third kappa shape index (κ3) is 11.4. The van der Waals surface area contributed by atoms with E-state index in [1.165, 1.54) is 39.9 Å². The van der Waals surface area contributed by atoms with Crippen molar-refractivity contribution < 1.29 is 32.7 Å². The maximum atomic E-state index is 14.0. The number of piperazine rings is 1. The summed E-state index contributed by atoms with van der Waals surface area (Å²) in [5.74, 6) is -0.267. The molecule has 0 radical (unpaired) electrons. The van der Waals surface area contributed by atoms with Crippen LogP contribution in [0.1, 0.15) is 86.5 Å². The van der Waals surface area contributed by atoms with Crippen LogP contribution in [0.25, 0.3) is 16.6 Å². The number of amides is 1. The molecule has 5 aromatic rings. The van der Waals surface area contributed by atoms with Gasteiger partial charge in [-0.3, -0.25) is 24.7 Å². The van der Waals surface area contributed by atoms with E-state index in [0.29, 0.717) is 30.8 Å². The summed E-state index contributed by atoms with van der Waals surface area (Å²) in [7, 11) is -4.58. The number of fused-ring (bicyclic) bond motifs is 1. The van der Waals surface area contributed by atoms with Gasteiger partial charge in [0.05, 0.1) is 40.4 Å². The largest absolute Gasteiger partial charge is 0.455 e. The molecule has 5 heterocycles. The molecule has 362 valence electrons. The number of ether oxygens (including phenoxy) is 2. The predicted octanol–water partition coefficient (Wildman–Crippen LogP) is 8.41. The number of nitro groups is 1. The van der Waals surface area contributed by atoms with Gasteiger partial charge in [-0.2, -0.15) is 0 Å². The van der Waals surface area contributed by atoms with Gasteiger partial charge < -0.3 is 29.8 Å². The average molecular weight is 967 g/mol. The van der Waals surface area contributed by atoms with E-state index in [0.717, 1.165) is 115 Å². The van der Waals surface area contributed by atoms with Gasteiger partial charge in [-0.15, -0.1) is 11.3 Å². The number of pyridine rings is 1. The number of allylic oxidation sites excluding steroid dienone is 1. The molecule has 0 spiro atoms. The van der Waals surface area contributed by atoms with Crippen LogP contribution in [0.3, 0.4) is 0 Å². The van der Waals surface area contributed by atoms with Crippen LogP contribution >= 0.6 is 11.3 Å². The molecule has 2 aliphatic heterocycles. The molecule has 1 saturated carbocycles. The highest BCUT2D eigenvalue weighted by atomic mass is 32.2. The number of hydrogen-bond donors (Lipinski definition) is 4. The summed E-state index contributed by atoms with van der Waals surface area (Å²) < 4.78 is 41.6. The molecule has 2 aromatic carbocycles. The minimum absolute atomic E-state index is 0.0364. The summed E-state index contributed by atoms with van der Waals surface area (Å²) in [5, 5.41) is 28.7. The maximum absolute atomic E-state index is 14.0. The van der Waals surface area contributed by atoms with Crippen molar-refractivity contribution in [3.63, 3.8) is 0 Å². The number of morpholine rings is 1. The zero-order chi connectivity index (χ0) is 47.6. The number of carbonyl (C=O) groups excluding carboxylic acids is 1. The number of hydrogen-bond acceptors (Lipinski definition) is 14. The third-order valence-electron chi connectivity index (χ3n) is 14.1. The summed E-state index contributed by atoms with van der Waals surface area (Å²) in [5.41, 5.74) is 5.12. The molecule has 1 amide bonds. The van der Waals surface area contributed by atoms with E-state index in [2.05, 4.69) is 60.0 Å². The number of nitrogens with zero attached hydrogens (tertiary/aromatic N) is 5. The fourth-order valence-electron chi connectivity index (χ4n) is 9.89. The Morgan fingerprint density at radius 3 is 2.51 bits per heavy atom. The van der Waals surface area contributed by atoms with E-state index >= 15 is 0 Å². The lowest BCUT2D eigenvalue weighted by molar-refractivity contribution is -0.384. The number of benzene rings is 2. The van der Waals surface area contributed by atoms with Gasteiger partial charge in [0.1, 0.15) is 22.8 Å². The molecule has 3 aromatic heterocycles. The van der Waals surface area contributed by atoms with Crippen LogP contribution in [0.2, 0.25) is 0 Å². The Balaban J connectivity index is 0.901. The fraction of sp³-hybridized carbons (Fsp3) is 0.480. The van der Waals surface area contributed by atoms with Crippen LogP contribution in [-0.2, 0) is 21.3 Å². The minimum Gasteiger partial charge on any atom is -0.455 e. The van der Waals surface area contributed by atoms with Crippen molar-refractivity contribution in [3.8, 4) is 11.5 Å². The topological polar surface area (TPSA) is 196 Å². The molecule has 2 aliphatic carbocycles. The molecule has 2 saturated heterocycles. The maximum Gasteiger partial charge on any atom is 0.293 e. The second kappa shape index (κ2) is 19.9. The Morgan fingerprint density at radius 2 is 1.75 bits per heavy atom. The van der Waals surface area contributed by atoms with Gasteiger partial charge in [-0.1, -0.05) is 19.4 Å². The number of aromatic amines is 1. The van der Waals surface area contributed by atoms with E-state index in [1.807, 2.05) is 24.3 Å². The van der Waals surface area contributed by atoms with Gasteiger partial charge >= 0.3 is 0 Å². The first-order valence-electron chi connectivity index (χ1n) is 23.7. The number of nitrogens with one attached hydrogen (secondary N) is 3. The van der Waals surface area contributed by atoms with Crippen molar-refractivity contribution in [3.05, 3.63) is 104 Å². The standard InChI is InChI=1S/C50H62N8O8S2/c1-49(2)12-10-37(42(28-49)46-24-35(33-67-46)31-56-20-22-65-23-21-56)32-55-16-18-57(19-17-55)38-4-6-41(45(26-38)66-39-25-36-11-15-51-47(36)53-30-39)48(59)54-68(63,64)40-5-7-43(44(27-40)58(61)62)52-29-34-8-13-50(3,60)14-9-34/h4-7,11,15,24-27,30,33-34,52,60H,8-10,12-14,16-23,28-29,31-32H2,1-3H3,(H,51,53)(H,54,59). The Labute approximate surface area is 401 Å². The lowest BCUT2D eigenvalue weighted by Crippen LogP contribution is -2.47.